The molecule has 1 spiro atoms. The molecule has 16 heteroatoms. The van der Waals surface area contributed by atoms with E-state index < -0.39 is 17.6 Å². The quantitative estimate of drug-likeness (QED) is 0.125. The summed E-state index contributed by atoms with van der Waals surface area (Å²) >= 11 is 0. The van der Waals surface area contributed by atoms with Crippen molar-refractivity contribution in [1.82, 2.24) is 39.8 Å². The maximum absolute atomic E-state index is 13.6. The van der Waals surface area contributed by atoms with Crippen LogP contribution in [0.15, 0.2) is 89.9 Å². The van der Waals surface area contributed by atoms with Crippen molar-refractivity contribution in [2.24, 2.45) is 5.41 Å². The van der Waals surface area contributed by atoms with Gasteiger partial charge in [-0.1, -0.05) is 24.3 Å². The lowest BCUT2D eigenvalue weighted by atomic mass is 9.66. The van der Waals surface area contributed by atoms with Crippen molar-refractivity contribution in [3.05, 3.63) is 107 Å². The van der Waals surface area contributed by atoms with Crippen LogP contribution in [0.2, 0.25) is 0 Å². The second kappa shape index (κ2) is 17.5. The number of anilines is 4. The molecule has 1 saturated carbocycles. The van der Waals surface area contributed by atoms with Crippen molar-refractivity contribution in [3.63, 3.8) is 0 Å². The highest BCUT2D eigenvalue weighted by molar-refractivity contribution is 6.04. The number of carbonyl (C=O) groups excluding carboxylic acids is 3. The van der Waals surface area contributed by atoms with E-state index >= 15 is 0 Å². The number of amides is 3. The predicted octanol–water partition coefficient (Wildman–Crippen LogP) is 5.16. The summed E-state index contributed by atoms with van der Waals surface area (Å²) in [5.41, 5.74) is 3.62. The first-order valence-corrected chi connectivity index (χ1v) is 23.2. The number of rotatable bonds is 7. The Morgan fingerprint density at radius 1 is 0.815 bits per heavy atom. The molecule has 3 aromatic heterocycles. The number of fused-ring (bicyclic) bond motifs is 6. The summed E-state index contributed by atoms with van der Waals surface area (Å²) in [6.07, 6.45) is 14.5. The molecule has 4 fully saturated rings. The third kappa shape index (κ3) is 8.76. The molecule has 2 bridgehead atoms. The van der Waals surface area contributed by atoms with E-state index in [0.717, 1.165) is 63.5 Å². The van der Waals surface area contributed by atoms with E-state index in [-0.39, 0.29) is 23.8 Å². The molecule has 4 N–H and O–H groups in total. The molecule has 1 aliphatic carbocycles. The van der Waals surface area contributed by atoms with Crippen LogP contribution >= 0.6 is 0 Å². The van der Waals surface area contributed by atoms with Crippen LogP contribution < -0.4 is 31.3 Å². The number of piperidine rings is 2. The molecule has 5 aromatic rings. The van der Waals surface area contributed by atoms with Gasteiger partial charge in [0, 0.05) is 80.6 Å². The van der Waals surface area contributed by atoms with E-state index in [1.54, 1.807) is 28.6 Å². The Kier molecular flexibility index (Phi) is 11.5. The van der Waals surface area contributed by atoms with Crippen molar-refractivity contribution < 1.29 is 19.5 Å². The van der Waals surface area contributed by atoms with Crippen molar-refractivity contribution in [3.8, 4) is 5.82 Å². The summed E-state index contributed by atoms with van der Waals surface area (Å²) in [5.74, 6) is -0.166. The number of carbonyl (C=O) groups is 3. The Balaban J connectivity index is 0.716. The number of nitrogens with zero attached hydrogens (tertiary/aromatic N) is 8. The average molecular weight is 880 g/mol. The van der Waals surface area contributed by atoms with Gasteiger partial charge in [-0.2, -0.15) is 4.98 Å². The number of aliphatic hydroxyl groups is 1. The second-order valence-electron chi connectivity index (χ2n) is 18.7. The topological polar surface area (TPSA) is 183 Å². The number of imide groups is 1. The molecular weight excluding hydrogens is 823 g/mol. The van der Waals surface area contributed by atoms with Crippen molar-refractivity contribution in [2.45, 2.75) is 95.4 Å². The summed E-state index contributed by atoms with van der Waals surface area (Å²) in [6.45, 7) is 8.06. The van der Waals surface area contributed by atoms with Gasteiger partial charge in [-0.3, -0.25) is 29.4 Å². The molecule has 0 radical (unpaired) electrons. The normalized spacial score (nSPS) is 23.4. The average Bonchev–Trinajstić information content (AvgIpc) is 3.59. The summed E-state index contributed by atoms with van der Waals surface area (Å²) in [6, 6.07) is 21.4. The number of hydrogen-bond acceptors (Lipinski definition) is 12. The van der Waals surface area contributed by atoms with Crippen LogP contribution in [-0.4, -0.2) is 103 Å². The molecule has 4 aliphatic heterocycles. The Morgan fingerprint density at radius 2 is 1.57 bits per heavy atom. The Bertz CT molecular complexity index is 2680. The smallest absolute Gasteiger partial charge is 0.278 e. The lowest BCUT2D eigenvalue weighted by Crippen LogP contribution is -2.52. The van der Waals surface area contributed by atoms with Crippen LogP contribution in [0.1, 0.15) is 87.2 Å². The van der Waals surface area contributed by atoms with Crippen LogP contribution in [0.25, 0.3) is 16.9 Å². The highest BCUT2D eigenvalue weighted by atomic mass is 16.3. The van der Waals surface area contributed by atoms with Gasteiger partial charge in [-0.05, 0) is 125 Å². The maximum atomic E-state index is 13.6. The number of piperazine rings is 1. The molecule has 3 amide bonds. The van der Waals surface area contributed by atoms with E-state index in [0.29, 0.717) is 71.3 Å². The van der Waals surface area contributed by atoms with Crippen molar-refractivity contribution >= 4 is 51.8 Å². The number of allylic oxidation sites excluding steroid dienone is 2. The molecule has 10 rings (SSSR count). The van der Waals surface area contributed by atoms with Gasteiger partial charge < -0.3 is 25.5 Å². The maximum Gasteiger partial charge on any atom is 0.278 e. The zero-order valence-corrected chi connectivity index (χ0v) is 36.9. The molecule has 1 unspecified atom stereocenters. The largest absolute Gasteiger partial charge is 0.384 e. The van der Waals surface area contributed by atoms with Gasteiger partial charge in [0.2, 0.25) is 17.8 Å². The van der Waals surface area contributed by atoms with Crippen LogP contribution in [0.4, 0.5) is 23.0 Å². The van der Waals surface area contributed by atoms with Crippen LogP contribution in [-0.2, 0) is 21.7 Å². The highest BCUT2D eigenvalue weighted by Gasteiger charge is 2.40. The number of aromatic nitrogens is 5. The summed E-state index contributed by atoms with van der Waals surface area (Å²) in [5, 5.41) is 20.0. The number of hydrogen-bond donors (Lipinski definition) is 4. The highest BCUT2D eigenvalue weighted by Crippen LogP contribution is 2.46. The van der Waals surface area contributed by atoms with E-state index in [1.807, 2.05) is 54.6 Å². The zero-order chi connectivity index (χ0) is 44.7. The Labute approximate surface area is 377 Å². The first kappa shape index (κ1) is 42.6. The third-order valence-electron chi connectivity index (χ3n) is 14.6. The number of nitrogens with one attached hydrogen (secondary N) is 3. The molecular formula is C49H57N11O5. The van der Waals surface area contributed by atoms with E-state index in [1.165, 1.54) is 31.4 Å². The van der Waals surface area contributed by atoms with Crippen LogP contribution in [0, 0.1) is 5.41 Å². The van der Waals surface area contributed by atoms with Gasteiger partial charge in [0.25, 0.3) is 11.5 Å². The number of benzene rings is 2. The van der Waals surface area contributed by atoms with Crippen molar-refractivity contribution in [1.29, 1.82) is 0 Å². The third-order valence-corrected chi connectivity index (χ3v) is 14.6. The van der Waals surface area contributed by atoms with Gasteiger partial charge in [-0.25, -0.2) is 19.3 Å². The fraction of sp³-hybridized carbons (Fsp3) is 0.449. The summed E-state index contributed by atoms with van der Waals surface area (Å²) < 4.78 is 3.33. The second-order valence-corrected chi connectivity index (χ2v) is 18.7. The number of pyridine rings is 1. The Hall–Kier alpha value is -6.39. The van der Waals surface area contributed by atoms with Gasteiger partial charge in [0.1, 0.15) is 17.0 Å². The lowest BCUT2D eigenvalue weighted by molar-refractivity contribution is -0.134. The molecule has 2 aromatic carbocycles. The van der Waals surface area contributed by atoms with Crippen LogP contribution in [0.3, 0.4) is 0 Å². The monoisotopic (exact) mass is 879 g/mol. The van der Waals surface area contributed by atoms with Gasteiger partial charge >= 0.3 is 0 Å². The minimum atomic E-state index is -1.12. The van der Waals surface area contributed by atoms with E-state index in [4.69, 9.17) is 9.97 Å². The lowest BCUT2D eigenvalue weighted by Gasteiger charge is -2.49. The van der Waals surface area contributed by atoms with Gasteiger partial charge in [-0.15, -0.1) is 0 Å². The van der Waals surface area contributed by atoms with Crippen LogP contribution in [0.5, 0.6) is 0 Å². The van der Waals surface area contributed by atoms with E-state index in [9.17, 15) is 24.3 Å². The molecule has 5 aliphatic rings. The molecule has 2 atom stereocenters. The fourth-order valence-corrected chi connectivity index (χ4v) is 10.6. The fourth-order valence-electron chi connectivity index (χ4n) is 10.6. The zero-order valence-electron chi connectivity index (χ0n) is 36.9. The minimum absolute atomic E-state index is 0.205. The SMILES string of the molecule is C[C@@]1(O)CC/C=C\Cn2c(=O)c3cnc(Nc4ccc(N5CCN(C6CCC7(CC6)CCN(c6cccc(C(=O)NC8CCC(=O)NC8=O)c6)CC7)CC5)cc4)nc3n2-c2cccc1n2. The first-order valence-electron chi connectivity index (χ1n) is 23.2. The standard InChI is InChI=1S/C49H57N11O5/c1-48(65)19-3-2-4-24-59-46(64)38-32-50-47(55-43(38)60(59)41-10-6-9-40(48)53-41)51-34-11-13-35(14-12-34)57-27-29-58(30-28-57)36-17-20-49(21-18-36)22-25-56(26-23-49)37-8-5-7-33(31-37)44(62)52-39-15-16-42(61)54-45(39)63/h2,4-14,31-32,36,39,65H,3,15-30H2,1H3,(H,52,62)(H,50,51,55)(H,54,61,63)/b4-2-/t39?,48-/m1/s1. The Morgan fingerprint density at radius 3 is 2.34 bits per heavy atom. The molecule has 3 saturated heterocycles. The summed E-state index contributed by atoms with van der Waals surface area (Å²) in [7, 11) is 0. The minimum Gasteiger partial charge on any atom is -0.384 e. The van der Waals surface area contributed by atoms with Gasteiger partial charge in [0.05, 0.1) is 12.2 Å². The molecule has 16 nitrogen and oxygen atoms in total. The van der Waals surface area contributed by atoms with Gasteiger partial charge in [0.15, 0.2) is 11.5 Å². The predicted molar refractivity (Wildman–Crippen MR) is 249 cm³/mol. The molecule has 338 valence electrons. The summed E-state index contributed by atoms with van der Waals surface area (Å²) in [4.78, 5) is 72.0. The van der Waals surface area contributed by atoms with Crippen molar-refractivity contribution in [2.75, 3.05) is 54.4 Å². The molecule has 7 heterocycles. The molecule has 65 heavy (non-hydrogen) atoms. The van der Waals surface area contributed by atoms with E-state index in [2.05, 4.69) is 53.8 Å². The first-order chi connectivity index (χ1) is 31.5.